The van der Waals surface area contributed by atoms with E-state index in [1.54, 1.807) is 12.1 Å². The fraction of sp³-hybridized carbons (Fsp3) is 0.435. The van der Waals surface area contributed by atoms with E-state index in [2.05, 4.69) is 5.16 Å². The summed E-state index contributed by atoms with van der Waals surface area (Å²) in [5.41, 5.74) is 5.49. The van der Waals surface area contributed by atoms with Gasteiger partial charge in [-0.1, -0.05) is 31.1 Å². The highest BCUT2D eigenvalue weighted by Gasteiger charge is 2.38. The number of ether oxygens (including phenoxy) is 1. The van der Waals surface area contributed by atoms with Crippen LogP contribution in [0.5, 0.6) is 0 Å². The Labute approximate surface area is 170 Å². The molecule has 0 bridgehead atoms. The van der Waals surface area contributed by atoms with Crippen LogP contribution in [0.25, 0.3) is 11.1 Å². The highest BCUT2D eigenvalue weighted by Crippen LogP contribution is 2.42. The Hall–Kier alpha value is -2.76. The number of nitrogens with zero attached hydrogens (tertiary/aromatic N) is 2. The van der Waals surface area contributed by atoms with Crippen molar-refractivity contribution in [1.29, 1.82) is 0 Å². The molecule has 0 saturated carbocycles. The topological polar surface area (TPSA) is 71.8 Å². The average Bonchev–Trinajstić information content (AvgIpc) is 2.66. The summed E-state index contributed by atoms with van der Waals surface area (Å²) in [4.78, 5) is 16.5. The van der Waals surface area contributed by atoms with E-state index in [9.17, 15) is 14.4 Å². The minimum absolute atomic E-state index is 0.0808. The van der Waals surface area contributed by atoms with E-state index in [4.69, 9.17) is 9.72 Å². The van der Waals surface area contributed by atoms with Crippen LogP contribution in [-0.2, 0) is 28.0 Å². The van der Waals surface area contributed by atoms with Gasteiger partial charge in [-0.3, -0.25) is 9.78 Å². The van der Waals surface area contributed by atoms with Gasteiger partial charge in [-0.15, -0.1) is 0 Å². The maximum atomic E-state index is 13.6. The van der Waals surface area contributed by atoms with Crippen LogP contribution in [0.15, 0.2) is 29.4 Å². The van der Waals surface area contributed by atoms with Gasteiger partial charge >= 0.3 is 5.97 Å². The fourth-order valence-corrected chi connectivity index (χ4v) is 4.07. The molecule has 0 amide bonds. The molecule has 1 aromatic heterocycles. The Morgan fingerprint density at radius 2 is 1.93 bits per heavy atom. The number of hydrogen-bond acceptors (Lipinski definition) is 5. The first-order valence-corrected chi connectivity index (χ1v) is 9.83. The molecule has 3 rings (SSSR count). The average molecular weight is 398 g/mol. The van der Waals surface area contributed by atoms with Gasteiger partial charge in [0.1, 0.15) is 12.4 Å². The van der Waals surface area contributed by atoms with E-state index in [0.29, 0.717) is 18.6 Å². The minimum atomic E-state index is -0.541. The van der Waals surface area contributed by atoms with Gasteiger partial charge < -0.3 is 9.94 Å². The molecule has 1 aliphatic carbocycles. The Balaban J connectivity index is 2.36. The van der Waals surface area contributed by atoms with Gasteiger partial charge in [-0.05, 0) is 61.4 Å². The largest absolute Gasteiger partial charge is 0.461 e. The lowest BCUT2D eigenvalue weighted by atomic mass is 9.71. The molecule has 0 saturated heterocycles. The smallest absolute Gasteiger partial charge is 0.302 e. The lowest BCUT2D eigenvalue weighted by molar-refractivity contribution is -0.142. The maximum absolute atomic E-state index is 13.6. The molecule has 5 nitrogen and oxygen atoms in total. The van der Waals surface area contributed by atoms with Gasteiger partial charge in [-0.2, -0.15) is 0 Å². The molecular formula is C23H27FN2O3. The Morgan fingerprint density at radius 1 is 1.28 bits per heavy atom. The first-order valence-electron chi connectivity index (χ1n) is 9.83. The van der Waals surface area contributed by atoms with Crippen LogP contribution in [-0.4, -0.2) is 21.9 Å². The third-order valence-corrected chi connectivity index (χ3v) is 5.58. The predicted molar refractivity (Wildman–Crippen MR) is 110 cm³/mol. The van der Waals surface area contributed by atoms with Crippen LogP contribution >= 0.6 is 0 Å². The molecule has 0 fully saturated rings. The number of benzene rings is 1. The van der Waals surface area contributed by atoms with Crippen molar-refractivity contribution in [3.05, 3.63) is 52.6 Å². The normalized spacial score (nSPS) is 16.7. The van der Waals surface area contributed by atoms with Crippen molar-refractivity contribution in [3.8, 4) is 11.1 Å². The molecule has 1 heterocycles. The first kappa shape index (κ1) is 21.0. The van der Waals surface area contributed by atoms with Gasteiger partial charge in [-0.25, -0.2) is 4.39 Å². The molecule has 0 aliphatic heterocycles. The Kier molecular flexibility index (Phi) is 5.73. The molecule has 1 N–H and O–H groups in total. The number of fused-ring (bicyclic) bond motifs is 1. The molecule has 154 valence electrons. The van der Waals surface area contributed by atoms with Crippen LogP contribution in [0.3, 0.4) is 0 Å². The van der Waals surface area contributed by atoms with E-state index in [-0.39, 0.29) is 24.3 Å². The summed E-state index contributed by atoms with van der Waals surface area (Å²) in [6.07, 6.45) is 1.24. The highest BCUT2D eigenvalue weighted by molar-refractivity contribution is 5.96. The molecule has 1 aliphatic rings. The van der Waals surface area contributed by atoms with Crippen molar-refractivity contribution in [2.45, 2.75) is 65.4 Å². The summed E-state index contributed by atoms with van der Waals surface area (Å²) in [6, 6.07) is 6.35. The zero-order chi connectivity index (χ0) is 21.3. The molecule has 0 radical (unpaired) electrons. The number of halogens is 1. The molecule has 0 unspecified atom stereocenters. The van der Waals surface area contributed by atoms with Gasteiger partial charge in [0, 0.05) is 17.9 Å². The molecule has 29 heavy (non-hydrogen) atoms. The third kappa shape index (κ3) is 3.88. The van der Waals surface area contributed by atoms with E-state index in [1.807, 2.05) is 27.7 Å². The van der Waals surface area contributed by atoms with Crippen LogP contribution in [0.1, 0.15) is 69.5 Å². The van der Waals surface area contributed by atoms with E-state index in [1.165, 1.54) is 19.1 Å². The first-order chi connectivity index (χ1) is 13.7. The molecule has 0 spiro atoms. The van der Waals surface area contributed by atoms with Crippen LogP contribution in [0.2, 0.25) is 0 Å². The van der Waals surface area contributed by atoms with Gasteiger partial charge in [0.25, 0.3) is 0 Å². The zero-order valence-corrected chi connectivity index (χ0v) is 17.5. The zero-order valence-electron chi connectivity index (χ0n) is 17.5. The second kappa shape index (κ2) is 7.93. The van der Waals surface area contributed by atoms with Crippen molar-refractivity contribution in [2.75, 3.05) is 0 Å². The number of hydrogen-bond donors (Lipinski definition) is 1. The molecule has 0 atom stereocenters. The molecule has 1 aromatic carbocycles. The van der Waals surface area contributed by atoms with Gasteiger partial charge in [0.2, 0.25) is 0 Å². The van der Waals surface area contributed by atoms with Crippen molar-refractivity contribution >= 4 is 11.7 Å². The van der Waals surface area contributed by atoms with Crippen LogP contribution in [0, 0.1) is 5.82 Å². The lowest BCUT2D eigenvalue weighted by Crippen LogP contribution is -2.37. The minimum Gasteiger partial charge on any atom is -0.461 e. The van der Waals surface area contributed by atoms with Crippen molar-refractivity contribution in [3.63, 3.8) is 0 Å². The third-order valence-electron chi connectivity index (χ3n) is 5.58. The number of oxime groups is 1. The summed E-state index contributed by atoms with van der Waals surface area (Å²) >= 11 is 0. The van der Waals surface area contributed by atoms with Gasteiger partial charge in [0.15, 0.2) is 0 Å². The summed E-state index contributed by atoms with van der Waals surface area (Å²) in [7, 11) is 0. The number of carbonyl (C=O) groups excluding carboxylic acids is 1. The molecule has 2 aromatic rings. The summed E-state index contributed by atoms with van der Waals surface area (Å²) in [6.45, 7) is 9.56. The Morgan fingerprint density at radius 3 is 2.48 bits per heavy atom. The predicted octanol–water partition coefficient (Wildman–Crippen LogP) is 5.13. The fourth-order valence-electron chi connectivity index (χ4n) is 4.07. The van der Waals surface area contributed by atoms with E-state index >= 15 is 0 Å². The van der Waals surface area contributed by atoms with E-state index in [0.717, 1.165) is 33.6 Å². The van der Waals surface area contributed by atoms with Crippen LogP contribution < -0.4 is 0 Å². The van der Waals surface area contributed by atoms with E-state index < -0.39 is 5.41 Å². The van der Waals surface area contributed by atoms with Crippen molar-refractivity contribution in [1.82, 2.24) is 4.98 Å². The number of carbonyl (C=O) groups is 1. The summed E-state index contributed by atoms with van der Waals surface area (Å²) in [5, 5.41) is 13.0. The second-order valence-electron chi connectivity index (χ2n) is 8.29. The maximum Gasteiger partial charge on any atom is 0.302 e. The lowest BCUT2D eigenvalue weighted by Gasteiger charge is -2.35. The summed E-state index contributed by atoms with van der Waals surface area (Å²) < 4.78 is 19.0. The number of rotatable bonds is 4. The molecular weight excluding hydrogens is 371 g/mol. The Bertz CT molecular complexity index is 963. The highest BCUT2D eigenvalue weighted by atomic mass is 19.1. The standard InChI is InChI=1S/C23H27FN2O3/c1-13(2)21-18(12-29-14(3)27)20(15-6-8-16(24)9-7-15)17-10-11-19(26-28)23(4,5)22(17)25-21/h6-9,13,28H,10-12H2,1-5H3/b26-19+. The second-order valence-corrected chi connectivity index (χ2v) is 8.29. The number of esters is 1. The number of pyridine rings is 1. The number of aromatic nitrogens is 1. The monoisotopic (exact) mass is 398 g/mol. The quantitative estimate of drug-likeness (QED) is 0.440. The summed E-state index contributed by atoms with van der Waals surface area (Å²) in [5.74, 6) is -0.591. The molecule has 6 heteroatoms. The van der Waals surface area contributed by atoms with Crippen LogP contribution in [0.4, 0.5) is 4.39 Å². The van der Waals surface area contributed by atoms with Crippen molar-refractivity contribution < 1.29 is 19.1 Å². The van der Waals surface area contributed by atoms with Crippen molar-refractivity contribution in [2.24, 2.45) is 5.16 Å². The SMILES string of the molecule is CC(=O)OCc1c(C(C)C)nc2c(c1-c1ccc(F)cc1)CC/C(=N\O)C2(C)C. The van der Waals surface area contributed by atoms with Gasteiger partial charge in [0.05, 0.1) is 17.1 Å².